The number of carbonyl (C=O) groups excluding carboxylic acids is 1. The first-order chi connectivity index (χ1) is 16.8. The standard InChI is InChI=1S/C24H30FN7O3.ClH/c1-14-13-31(19(33)11-16(26)10-15-4-6-28-7-5-15)8-9-32(14)24-29-21-17(23(27)30-24)12-18(34-2)22(35-3)20(21)25;/h4-7,12,14,16H,8-11,13,26H2,1-3H3,(H2,27,29,30);1H/t14-,16-;/m0./s1. The Morgan fingerprint density at radius 1 is 1.22 bits per heavy atom. The molecule has 1 aliphatic heterocycles. The van der Waals surface area contributed by atoms with Gasteiger partial charge in [0.25, 0.3) is 0 Å². The van der Waals surface area contributed by atoms with Gasteiger partial charge in [-0.15, -0.1) is 12.4 Å². The third kappa shape index (κ3) is 5.52. The molecule has 10 nitrogen and oxygen atoms in total. The molecule has 3 aromatic rings. The molecular formula is C24H31ClFN7O3. The first kappa shape index (κ1) is 27.2. The molecule has 2 aromatic heterocycles. The van der Waals surface area contributed by atoms with Crippen LogP contribution < -0.4 is 25.8 Å². The van der Waals surface area contributed by atoms with Crippen LogP contribution in [-0.4, -0.2) is 71.7 Å². The average molecular weight is 520 g/mol. The topological polar surface area (TPSA) is 133 Å². The number of ether oxygens (including phenoxy) is 2. The van der Waals surface area contributed by atoms with E-state index in [1.165, 1.54) is 14.2 Å². The number of nitrogens with zero attached hydrogens (tertiary/aromatic N) is 5. The van der Waals surface area contributed by atoms with Crippen LogP contribution in [0.15, 0.2) is 30.6 Å². The number of aromatic nitrogens is 3. The van der Waals surface area contributed by atoms with E-state index < -0.39 is 5.82 Å². The monoisotopic (exact) mass is 519 g/mol. The number of nitrogens with two attached hydrogens (primary N) is 2. The van der Waals surface area contributed by atoms with E-state index >= 15 is 4.39 Å². The second-order valence-electron chi connectivity index (χ2n) is 8.64. The first-order valence-electron chi connectivity index (χ1n) is 11.4. The summed E-state index contributed by atoms with van der Waals surface area (Å²) < 4.78 is 25.5. The minimum atomic E-state index is -0.665. The lowest BCUT2D eigenvalue weighted by atomic mass is 10.0. The predicted molar refractivity (Wildman–Crippen MR) is 138 cm³/mol. The molecule has 4 N–H and O–H groups in total. The molecule has 1 fully saturated rings. The third-order valence-electron chi connectivity index (χ3n) is 6.21. The number of fused-ring (bicyclic) bond motifs is 1. The minimum absolute atomic E-state index is 0. The largest absolute Gasteiger partial charge is 0.493 e. The molecule has 0 unspecified atom stereocenters. The van der Waals surface area contributed by atoms with Crippen LogP contribution in [-0.2, 0) is 11.2 Å². The van der Waals surface area contributed by atoms with Gasteiger partial charge in [0, 0.05) is 55.9 Å². The van der Waals surface area contributed by atoms with Crippen LogP contribution in [0.2, 0.25) is 0 Å². The summed E-state index contributed by atoms with van der Waals surface area (Å²) in [6.07, 6.45) is 4.28. The highest BCUT2D eigenvalue weighted by molar-refractivity contribution is 5.92. The Morgan fingerprint density at radius 3 is 2.58 bits per heavy atom. The summed E-state index contributed by atoms with van der Waals surface area (Å²) in [5.41, 5.74) is 13.5. The molecule has 36 heavy (non-hydrogen) atoms. The molecule has 1 aliphatic rings. The van der Waals surface area contributed by atoms with Crippen LogP contribution in [0, 0.1) is 5.82 Å². The van der Waals surface area contributed by atoms with E-state index in [-0.39, 0.29) is 59.7 Å². The van der Waals surface area contributed by atoms with E-state index in [1.54, 1.807) is 23.4 Å². The molecule has 4 rings (SSSR count). The number of rotatable bonds is 7. The fourth-order valence-electron chi connectivity index (χ4n) is 4.40. The minimum Gasteiger partial charge on any atom is -0.493 e. The van der Waals surface area contributed by atoms with E-state index in [9.17, 15) is 4.79 Å². The maximum absolute atomic E-state index is 15.1. The SMILES string of the molecule is COc1cc2c(N)nc(N3CCN(C(=O)C[C@@H](N)Cc4ccncc4)C[C@@H]3C)nc2c(F)c1OC.Cl. The maximum atomic E-state index is 15.1. The molecule has 0 bridgehead atoms. The summed E-state index contributed by atoms with van der Waals surface area (Å²) >= 11 is 0. The molecule has 0 radical (unpaired) electrons. The number of benzene rings is 1. The predicted octanol–water partition coefficient (Wildman–Crippen LogP) is 2.18. The molecule has 12 heteroatoms. The lowest BCUT2D eigenvalue weighted by molar-refractivity contribution is -0.132. The summed E-state index contributed by atoms with van der Waals surface area (Å²) in [6, 6.07) is 4.97. The van der Waals surface area contributed by atoms with Crippen LogP contribution in [0.3, 0.4) is 0 Å². The van der Waals surface area contributed by atoms with E-state index in [4.69, 9.17) is 20.9 Å². The van der Waals surface area contributed by atoms with Crippen LogP contribution >= 0.6 is 12.4 Å². The van der Waals surface area contributed by atoms with Crippen molar-refractivity contribution in [2.75, 3.05) is 44.5 Å². The van der Waals surface area contributed by atoms with Gasteiger partial charge in [0.2, 0.25) is 11.9 Å². The van der Waals surface area contributed by atoms with Crippen molar-refractivity contribution in [3.05, 3.63) is 42.0 Å². The van der Waals surface area contributed by atoms with Crippen molar-refractivity contribution in [2.24, 2.45) is 5.73 Å². The third-order valence-corrected chi connectivity index (χ3v) is 6.21. The van der Waals surface area contributed by atoms with E-state index in [1.807, 2.05) is 24.0 Å². The van der Waals surface area contributed by atoms with Crippen molar-refractivity contribution in [1.29, 1.82) is 0 Å². The molecule has 194 valence electrons. The average Bonchev–Trinajstić information content (AvgIpc) is 2.84. The number of hydrogen-bond donors (Lipinski definition) is 2. The number of amides is 1. The van der Waals surface area contributed by atoms with Crippen LogP contribution in [0.1, 0.15) is 18.9 Å². The number of nitrogen functional groups attached to an aromatic ring is 1. The molecule has 1 saturated heterocycles. The second-order valence-corrected chi connectivity index (χ2v) is 8.64. The number of piperazine rings is 1. The van der Waals surface area contributed by atoms with Crippen molar-refractivity contribution in [3.8, 4) is 11.5 Å². The van der Waals surface area contributed by atoms with Gasteiger partial charge < -0.3 is 30.7 Å². The van der Waals surface area contributed by atoms with Crippen LogP contribution in [0.5, 0.6) is 11.5 Å². The van der Waals surface area contributed by atoms with Crippen molar-refractivity contribution in [1.82, 2.24) is 19.9 Å². The highest BCUT2D eigenvalue weighted by Crippen LogP contribution is 2.37. The number of hydrogen-bond acceptors (Lipinski definition) is 9. The summed E-state index contributed by atoms with van der Waals surface area (Å²) in [4.78, 5) is 29.5. The summed E-state index contributed by atoms with van der Waals surface area (Å²) in [5, 5.41) is 0.341. The van der Waals surface area contributed by atoms with Gasteiger partial charge in [-0.2, -0.15) is 4.98 Å². The first-order valence-corrected chi connectivity index (χ1v) is 11.4. The quantitative estimate of drug-likeness (QED) is 0.481. The van der Waals surface area contributed by atoms with Gasteiger partial charge in [0.1, 0.15) is 11.3 Å². The Morgan fingerprint density at radius 2 is 1.94 bits per heavy atom. The number of anilines is 2. The molecule has 0 saturated carbocycles. The van der Waals surface area contributed by atoms with Gasteiger partial charge >= 0.3 is 0 Å². The Labute approximate surface area is 215 Å². The number of methoxy groups -OCH3 is 2. The van der Waals surface area contributed by atoms with Crippen LogP contribution in [0.4, 0.5) is 16.2 Å². The van der Waals surface area contributed by atoms with Crippen molar-refractivity contribution < 1.29 is 18.7 Å². The molecule has 1 aromatic carbocycles. The van der Waals surface area contributed by atoms with Gasteiger partial charge in [-0.3, -0.25) is 9.78 Å². The van der Waals surface area contributed by atoms with Crippen LogP contribution in [0.25, 0.3) is 10.9 Å². The van der Waals surface area contributed by atoms with Gasteiger partial charge in [-0.05, 0) is 37.1 Å². The second kappa shape index (κ2) is 11.5. The lowest BCUT2D eigenvalue weighted by Gasteiger charge is -2.40. The van der Waals surface area contributed by atoms with Gasteiger partial charge in [-0.1, -0.05) is 0 Å². The van der Waals surface area contributed by atoms with Crippen molar-refractivity contribution in [3.63, 3.8) is 0 Å². The summed E-state index contributed by atoms with van der Waals surface area (Å²) in [7, 11) is 2.78. The maximum Gasteiger partial charge on any atom is 0.228 e. The number of pyridine rings is 1. The molecule has 1 amide bonds. The summed E-state index contributed by atoms with van der Waals surface area (Å²) in [6.45, 7) is 3.38. The fraction of sp³-hybridized carbons (Fsp3) is 0.417. The van der Waals surface area contributed by atoms with E-state index in [0.717, 1.165) is 5.56 Å². The number of halogens is 2. The lowest BCUT2D eigenvalue weighted by Crippen LogP contribution is -2.55. The smallest absolute Gasteiger partial charge is 0.228 e. The van der Waals surface area contributed by atoms with E-state index in [0.29, 0.717) is 37.4 Å². The zero-order valence-corrected chi connectivity index (χ0v) is 21.3. The zero-order valence-electron chi connectivity index (χ0n) is 20.5. The Kier molecular flexibility index (Phi) is 8.70. The normalized spacial score (nSPS) is 16.4. The highest BCUT2D eigenvalue weighted by Gasteiger charge is 2.30. The zero-order chi connectivity index (χ0) is 25.1. The molecular weight excluding hydrogens is 489 g/mol. The number of carbonyl (C=O) groups is 1. The molecule has 0 aliphatic carbocycles. The molecule has 3 heterocycles. The van der Waals surface area contributed by atoms with Crippen molar-refractivity contribution >= 4 is 41.0 Å². The summed E-state index contributed by atoms with van der Waals surface area (Å²) in [5.74, 6) is -0.0618. The van der Waals surface area contributed by atoms with Crippen molar-refractivity contribution in [2.45, 2.75) is 31.8 Å². The molecule has 0 spiro atoms. The fourth-order valence-corrected chi connectivity index (χ4v) is 4.40. The van der Waals surface area contributed by atoms with Gasteiger partial charge in [-0.25, -0.2) is 9.37 Å². The molecule has 2 atom stereocenters. The highest BCUT2D eigenvalue weighted by atomic mass is 35.5. The Bertz CT molecular complexity index is 1220. The van der Waals surface area contributed by atoms with E-state index in [2.05, 4.69) is 15.0 Å². The van der Waals surface area contributed by atoms with Gasteiger partial charge in [0.05, 0.1) is 14.2 Å². The Hall–Kier alpha value is -3.44. The Balaban J connectivity index is 0.00000361. The van der Waals surface area contributed by atoms with Gasteiger partial charge in [0.15, 0.2) is 17.3 Å².